The molecule has 0 atom stereocenters. The van der Waals surface area contributed by atoms with Crippen LogP contribution in [0.15, 0.2) is 47.4 Å². The van der Waals surface area contributed by atoms with Gasteiger partial charge in [-0.1, -0.05) is 18.2 Å². The molecule has 0 unspecified atom stereocenters. The number of nitrogens with zero attached hydrogens (tertiary/aromatic N) is 1. The first-order valence-electron chi connectivity index (χ1n) is 8.94. The highest BCUT2D eigenvalue weighted by Gasteiger charge is 2.29. The number of para-hydroxylation sites is 1. The van der Waals surface area contributed by atoms with Crippen molar-refractivity contribution in [3.8, 4) is 0 Å². The molecule has 1 fully saturated rings. The molecule has 8 heteroatoms. The van der Waals surface area contributed by atoms with Crippen LogP contribution in [0.25, 0.3) is 0 Å². The number of carbonyl (C=O) groups excluding carboxylic acids is 2. The number of anilines is 1. The second-order valence-corrected chi connectivity index (χ2v) is 8.49. The predicted molar refractivity (Wildman–Crippen MR) is 105 cm³/mol. The molecule has 1 amide bonds. The number of sulfonamides is 1. The maximum atomic E-state index is 12.9. The monoisotopic (exact) mass is 402 g/mol. The topological polar surface area (TPSA) is 92.8 Å². The fraction of sp³-hybridized carbons (Fsp3) is 0.300. The van der Waals surface area contributed by atoms with Gasteiger partial charge in [0.15, 0.2) is 0 Å². The van der Waals surface area contributed by atoms with E-state index in [4.69, 9.17) is 4.74 Å². The number of hydrogen-bond donors (Lipinski definition) is 1. The van der Waals surface area contributed by atoms with Crippen molar-refractivity contribution in [3.63, 3.8) is 0 Å². The van der Waals surface area contributed by atoms with Gasteiger partial charge in [-0.05, 0) is 49.6 Å². The highest BCUT2D eigenvalue weighted by atomic mass is 32.2. The third kappa shape index (κ3) is 3.93. The van der Waals surface area contributed by atoms with Crippen molar-refractivity contribution in [1.29, 1.82) is 0 Å². The van der Waals surface area contributed by atoms with Gasteiger partial charge in [0, 0.05) is 18.7 Å². The standard InChI is InChI=1S/C20H22N2O5S/c1-14-9-10-15(13-18(14)28(25,26)22-11-5-6-12-22)19(23)21-17-8-4-3-7-16(17)20(24)27-2/h3-4,7-10,13H,5-6,11-12H2,1-2H3,(H,21,23). The zero-order valence-corrected chi connectivity index (χ0v) is 16.6. The molecule has 0 aromatic heterocycles. The second-order valence-electron chi connectivity index (χ2n) is 6.58. The van der Waals surface area contributed by atoms with Crippen molar-refractivity contribution in [2.45, 2.75) is 24.7 Å². The lowest BCUT2D eigenvalue weighted by atomic mass is 10.1. The first-order valence-corrected chi connectivity index (χ1v) is 10.4. The van der Waals surface area contributed by atoms with E-state index >= 15 is 0 Å². The number of methoxy groups -OCH3 is 1. The van der Waals surface area contributed by atoms with Gasteiger partial charge in [-0.3, -0.25) is 4.79 Å². The lowest BCUT2D eigenvalue weighted by Gasteiger charge is -2.18. The molecule has 148 valence electrons. The average Bonchev–Trinajstić information content (AvgIpc) is 3.23. The maximum absolute atomic E-state index is 12.9. The van der Waals surface area contributed by atoms with Gasteiger partial charge in [0.25, 0.3) is 5.91 Å². The van der Waals surface area contributed by atoms with Crippen LogP contribution in [0.3, 0.4) is 0 Å². The van der Waals surface area contributed by atoms with E-state index in [1.165, 1.54) is 17.5 Å². The van der Waals surface area contributed by atoms with Gasteiger partial charge in [0.05, 0.1) is 23.3 Å². The fourth-order valence-electron chi connectivity index (χ4n) is 3.16. The molecule has 0 spiro atoms. The summed E-state index contributed by atoms with van der Waals surface area (Å²) in [6, 6.07) is 11.0. The molecule has 2 aromatic rings. The van der Waals surface area contributed by atoms with E-state index < -0.39 is 21.9 Å². The largest absolute Gasteiger partial charge is 0.465 e. The summed E-state index contributed by atoms with van der Waals surface area (Å²) in [6.07, 6.45) is 1.67. The van der Waals surface area contributed by atoms with E-state index in [1.807, 2.05) is 0 Å². The summed E-state index contributed by atoms with van der Waals surface area (Å²) < 4.78 is 32.0. The third-order valence-corrected chi connectivity index (χ3v) is 6.75. The SMILES string of the molecule is COC(=O)c1ccccc1NC(=O)c1ccc(C)c(S(=O)(=O)N2CCCC2)c1. The van der Waals surface area contributed by atoms with Crippen LogP contribution >= 0.6 is 0 Å². The number of esters is 1. The minimum absolute atomic E-state index is 0.128. The summed E-state index contributed by atoms with van der Waals surface area (Å²) in [7, 11) is -2.38. The van der Waals surface area contributed by atoms with Gasteiger partial charge in [-0.2, -0.15) is 4.31 Å². The molecule has 1 heterocycles. The van der Waals surface area contributed by atoms with Crippen molar-refractivity contribution in [1.82, 2.24) is 4.31 Å². The summed E-state index contributed by atoms with van der Waals surface area (Å²) in [5, 5.41) is 2.66. The summed E-state index contributed by atoms with van der Waals surface area (Å²) in [4.78, 5) is 24.7. The Labute approximate surface area is 164 Å². The van der Waals surface area contributed by atoms with Crippen LogP contribution < -0.4 is 5.32 Å². The van der Waals surface area contributed by atoms with Gasteiger partial charge in [0.1, 0.15) is 0 Å². The molecule has 1 aliphatic heterocycles. The number of ether oxygens (including phenoxy) is 1. The molecule has 0 bridgehead atoms. The molecule has 0 radical (unpaired) electrons. The van der Waals surface area contributed by atoms with Gasteiger partial charge in [0.2, 0.25) is 10.0 Å². The average molecular weight is 402 g/mol. The van der Waals surface area contributed by atoms with Crippen LogP contribution in [-0.2, 0) is 14.8 Å². The zero-order chi connectivity index (χ0) is 20.3. The van der Waals surface area contributed by atoms with Crippen molar-refractivity contribution < 1.29 is 22.7 Å². The summed E-state index contributed by atoms with van der Waals surface area (Å²) in [5.41, 5.74) is 1.29. The Kier molecular flexibility index (Phi) is 5.81. The van der Waals surface area contributed by atoms with Crippen molar-refractivity contribution in [2.75, 3.05) is 25.5 Å². The van der Waals surface area contributed by atoms with Gasteiger partial charge >= 0.3 is 5.97 Å². The van der Waals surface area contributed by atoms with E-state index in [0.29, 0.717) is 24.3 Å². The minimum atomic E-state index is -3.64. The summed E-state index contributed by atoms with van der Waals surface area (Å²) >= 11 is 0. The second kappa shape index (κ2) is 8.12. The molecule has 28 heavy (non-hydrogen) atoms. The van der Waals surface area contributed by atoms with Gasteiger partial charge < -0.3 is 10.1 Å². The highest BCUT2D eigenvalue weighted by Crippen LogP contribution is 2.25. The van der Waals surface area contributed by atoms with Crippen molar-refractivity contribution in [2.24, 2.45) is 0 Å². The molecule has 1 N–H and O–H groups in total. The van der Waals surface area contributed by atoms with Crippen LogP contribution in [0.5, 0.6) is 0 Å². The normalized spacial score (nSPS) is 14.6. The Balaban J connectivity index is 1.91. The first-order chi connectivity index (χ1) is 13.3. The number of carbonyl (C=O) groups is 2. The van der Waals surface area contributed by atoms with Crippen molar-refractivity contribution in [3.05, 3.63) is 59.2 Å². The lowest BCUT2D eigenvalue weighted by molar-refractivity contribution is 0.0602. The molecule has 0 aliphatic carbocycles. The molecule has 3 rings (SSSR count). The smallest absolute Gasteiger partial charge is 0.339 e. The van der Waals surface area contributed by atoms with Crippen molar-refractivity contribution >= 4 is 27.6 Å². The number of rotatable bonds is 5. The molecular formula is C20H22N2O5S. The summed E-state index contributed by atoms with van der Waals surface area (Å²) in [6.45, 7) is 2.69. The van der Waals surface area contributed by atoms with Gasteiger partial charge in [-0.25, -0.2) is 13.2 Å². The Morgan fingerprint density at radius 1 is 1.07 bits per heavy atom. The Morgan fingerprint density at radius 3 is 2.43 bits per heavy atom. The van der Waals surface area contributed by atoms with Gasteiger partial charge in [-0.15, -0.1) is 0 Å². The number of hydrogen-bond acceptors (Lipinski definition) is 5. The zero-order valence-electron chi connectivity index (χ0n) is 15.8. The maximum Gasteiger partial charge on any atom is 0.339 e. The van der Waals surface area contributed by atoms with Crippen LogP contribution in [0.4, 0.5) is 5.69 Å². The molecule has 1 aliphatic rings. The Bertz CT molecular complexity index is 1010. The number of aryl methyl sites for hydroxylation is 1. The number of benzene rings is 2. The van der Waals surface area contributed by atoms with E-state index in [1.54, 1.807) is 43.3 Å². The molecule has 7 nitrogen and oxygen atoms in total. The third-order valence-electron chi connectivity index (χ3n) is 4.71. The molecule has 2 aromatic carbocycles. The van der Waals surface area contributed by atoms with E-state index in [2.05, 4.69) is 5.32 Å². The molecular weight excluding hydrogens is 380 g/mol. The number of nitrogens with one attached hydrogen (secondary N) is 1. The highest BCUT2D eigenvalue weighted by molar-refractivity contribution is 7.89. The first kappa shape index (κ1) is 20.0. The van der Waals surface area contributed by atoms with E-state index in [0.717, 1.165) is 12.8 Å². The number of amides is 1. The Hall–Kier alpha value is -2.71. The van der Waals surface area contributed by atoms with Crippen LogP contribution in [-0.4, -0.2) is 44.8 Å². The van der Waals surface area contributed by atoms with Crippen LogP contribution in [0, 0.1) is 6.92 Å². The molecule has 0 saturated carbocycles. The lowest BCUT2D eigenvalue weighted by Crippen LogP contribution is -2.28. The van der Waals surface area contributed by atoms with E-state index in [-0.39, 0.29) is 16.0 Å². The fourth-order valence-corrected chi connectivity index (χ4v) is 4.93. The quantitative estimate of drug-likeness (QED) is 0.777. The van der Waals surface area contributed by atoms with E-state index in [9.17, 15) is 18.0 Å². The Morgan fingerprint density at radius 2 is 1.75 bits per heavy atom. The predicted octanol–water partition coefficient (Wildman–Crippen LogP) is 2.82. The minimum Gasteiger partial charge on any atom is -0.465 e. The van der Waals surface area contributed by atoms with Crippen LogP contribution in [0.1, 0.15) is 39.1 Å². The molecule has 1 saturated heterocycles. The van der Waals surface area contributed by atoms with Crippen LogP contribution in [0.2, 0.25) is 0 Å². The summed E-state index contributed by atoms with van der Waals surface area (Å²) in [5.74, 6) is -1.08.